The van der Waals surface area contributed by atoms with Crippen molar-refractivity contribution in [3.8, 4) is 5.75 Å². The molecule has 1 N–H and O–H groups in total. The molecule has 0 aliphatic rings. The van der Waals surface area contributed by atoms with Gasteiger partial charge in [0, 0.05) is 4.47 Å². The van der Waals surface area contributed by atoms with Crippen LogP contribution in [0.2, 0.25) is 0 Å². The lowest BCUT2D eigenvalue weighted by Gasteiger charge is -2.20. The largest absolute Gasteiger partial charge is 0.493 e. The Bertz CT molecular complexity index is 634. The van der Waals surface area contributed by atoms with Gasteiger partial charge >= 0.3 is 0 Å². The van der Waals surface area contributed by atoms with E-state index in [0.717, 1.165) is 25.8 Å². The van der Waals surface area contributed by atoms with Crippen LogP contribution in [-0.4, -0.2) is 13.7 Å². The first-order valence-corrected chi connectivity index (χ1v) is 8.19. The smallest absolute Gasteiger partial charge is 0.133 e. The van der Waals surface area contributed by atoms with E-state index < -0.39 is 0 Å². The Hall–Kier alpha value is -0.910. The Morgan fingerprint density at radius 2 is 1.90 bits per heavy atom. The van der Waals surface area contributed by atoms with Gasteiger partial charge in [-0.05, 0) is 71.4 Å². The molecular weight excluding hydrogens is 401 g/mol. The SMILES string of the molecule is CCOc1ccc(C(NC)c2cc(F)ccc2Br)cc1Br. The van der Waals surface area contributed by atoms with Crippen LogP contribution in [0.1, 0.15) is 24.1 Å². The highest BCUT2D eigenvalue weighted by molar-refractivity contribution is 9.10. The lowest BCUT2D eigenvalue weighted by molar-refractivity contribution is 0.338. The van der Waals surface area contributed by atoms with E-state index in [1.54, 1.807) is 6.07 Å². The quantitative estimate of drug-likeness (QED) is 0.735. The van der Waals surface area contributed by atoms with Gasteiger partial charge in [-0.2, -0.15) is 0 Å². The first-order chi connectivity index (χ1) is 10.1. The second-order valence-corrected chi connectivity index (χ2v) is 6.22. The van der Waals surface area contributed by atoms with Gasteiger partial charge in [-0.3, -0.25) is 0 Å². The van der Waals surface area contributed by atoms with Crippen LogP contribution >= 0.6 is 31.9 Å². The number of hydrogen-bond donors (Lipinski definition) is 1. The standard InChI is InChI=1S/C16H16Br2FNO/c1-3-21-15-7-4-10(8-14(15)18)16(20-2)12-9-11(19)5-6-13(12)17/h4-9,16,20H,3H2,1-2H3. The Kier molecular flexibility index (Phi) is 5.79. The summed E-state index contributed by atoms with van der Waals surface area (Å²) in [6.45, 7) is 2.56. The van der Waals surface area contributed by atoms with E-state index in [0.29, 0.717) is 6.61 Å². The average Bonchev–Trinajstić information content (AvgIpc) is 2.46. The summed E-state index contributed by atoms with van der Waals surface area (Å²) in [5.41, 5.74) is 1.88. The first kappa shape index (κ1) is 16.5. The van der Waals surface area contributed by atoms with Crippen LogP contribution < -0.4 is 10.1 Å². The highest BCUT2D eigenvalue weighted by Crippen LogP contribution is 2.33. The summed E-state index contributed by atoms with van der Waals surface area (Å²) < 4.78 is 20.8. The van der Waals surface area contributed by atoms with Gasteiger partial charge in [-0.15, -0.1) is 0 Å². The highest BCUT2D eigenvalue weighted by Gasteiger charge is 2.17. The van der Waals surface area contributed by atoms with Crippen LogP contribution in [0.5, 0.6) is 5.75 Å². The van der Waals surface area contributed by atoms with E-state index in [4.69, 9.17) is 4.74 Å². The summed E-state index contributed by atoms with van der Waals surface area (Å²) >= 11 is 7.00. The molecule has 0 heterocycles. The van der Waals surface area contributed by atoms with Crippen LogP contribution in [0, 0.1) is 5.82 Å². The van der Waals surface area contributed by atoms with E-state index in [1.807, 2.05) is 32.2 Å². The monoisotopic (exact) mass is 415 g/mol. The maximum Gasteiger partial charge on any atom is 0.133 e. The van der Waals surface area contributed by atoms with Crippen molar-refractivity contribution in [2.75, 3.05) is 13.7 Å². The van der Waals surface area contributed by atoms with Crippen molar-refractivity contribution in [1.29, 1.82) is 0 Å². The van der Waals surface area contributed by atoms with E-state index in [1.165, 1.54) is 12.1 Å². The molecule has 0 fully saturated rings. The van der Waals surface area contributed by atoms with Crippen molar-refractivity contribution < 1.29 is 9.13 Å². The third-order valence-corrected chi connectivity index (χ3v) is 4.49. The van der Waals surface area contributed by atoms with Crippen LogP contribution in [0.15, 0.2) is 45.3 Å². The zero-order valence-corrected chi connectivity index (χ0v) is 15.0. The summed E-state index contributed by atoms with van der Waals surface area (Å²) in [7, 11) is 1.85. The number of nitrogens with one attached hydrogen (secondary N) is 1. The summed E-state index contributed by atoms with van der Waals surface area (Å²) in [6.07, 6.45) is 0. The third-order valence-electron chi connectivity index (χ3n) is 3.15. The molecule has 2 rings (SSSR count). The minimum atomic E-state index is -0.251. The van der Waals surface area contributed by atoms with Crippen molar-refractivity contribution in [3.05, 3.63) is 62.3 Å². The molecule has 0 saturated heterocycles. The van der Waals surface area contributed by atoms with Gasteiger partial charge < -0.3 is 10.1 Å². The van der Waals surface area contributed by atoms with Crippen molar-refractivity contribution >= 4 is 31.9 Å². The van der Waals surface area contributed by atoms with Crippen molar-refractivity contribution in [3.63, 3.8) is 0 Å². The zero-order chi connectivity index (χ0) is 15.4. The van der Waals surface area contributed by atoms with E-state index in [-0.39, 0.29) is 11.9 Å². The molecule has 1 atom stereocenters. The molecule has 0 aliphatic heterocycles. The van der Waals surface area contributed by atoms with E-state index in [9.17, 15) is 4.39 Å². The maximum absolute atomic E-state index is 13.5. The number of benzene rings is 2. The molecule has 0 aromatic heterocycles. The number of ether oxygens (including phenoxy) is 1. The zero-order valence-electron chi connectivity index (χ0n) is 11.8. The Balaban J connectivity index is 2.42. The predicted octanol–water partition coefficient (Wildman–Crippen LogP) is 5.06. The fourth-order valence-corrected chi connectivity index (χ4v) is 3.19. The molecule has 0 saturated carbocycles. The molecule has 0 amide bonds. The Morgan fingerprint density at radius 1 is 1.14 bits per heavy atom. The fraction of sp³-hybridized carbons (Fsp3) is 0.250. The Morgan fingerprint density at radius 3 is 2.52 bits per heavy atom. The van der Waals surface area contributed by atoms with Crippen LogP contribution in [-0.2, 0) is 0 Å². The van der Waals surface area contributed by atoms with Gasteiger partial charge in [0.2, 0.25) is 0 Å². The van der Waals surface area contributed by atoms with Crippen LogP contribution in [0.4, 0.5) is 4.39 Å². The first-order valence-electron chi connectivity index (χ1n) is 6.61. The minimum Gasteiger partial charge on any atom is -0.493 e. The minimum absolute atomic E-state index is 0.109. The number of halogens is 3. The maximum atomic E-state index is 13.5. The Labute approximate surface area is 141 Å². The highest BCUT2D eigenvalue weighted by atomic mass is 79.9. The van der Waals surface area contributed by atoms with Crippen molar-refractivity contribution in [2.24, 2.45) is 0 Å². The van der Waals surface area contributed by atoms with Gasteiger partial charge in [0.15, 0.2) is 0 Å². The summed E-state index contributed by atoms with van der Waals surface area (Å²) in [6, 6.07) is 10.5. The number of rotatable bonds is 5. The molecule has 1 unspecified atom stereocenters. The topological polar surface area (TPSA) is 21.3 Å². The third kappa shape index (κ3) is 3.84. The molecule has 0 spiro atoms. The van der Waals surface area contributed by atoms with Gasteiger partial charge in [-0.25, -0.2) is 4.39 Å². The molecule has 2 nitrogen and oxygen atoms in total. The fourth-order valence-electron chi connectivity index (χ4n) is 2.21. The summed E-state index contributed by atoms with van der Waals surface area (Å²) in [5.74, 6) is 0.549. The van der Waals surface area contributed by atoms with Crippen molar-refractivity contribution in [2.45, 2.75) is 13.0 Å². The van der Waals surface area contributed by atoms with Crippen LogP contribution in [0.25, 0.3) is 0 Å². The molecular formula is C16H16Br2FNO. The van der Waals surface area contributed by atoms with Gasteiger partial charge in [0.1, 0.15) is 11.6 Å². The van der Waals surface area contributed by atoms with Gasteiger partial charge in [0.05, 0.1) is 17.1 Å². The molecule has 2 aromatic carbocycles. The number of hydrogen-bond acceptors (Lipinski definition) is 2. The normalized spacial score (nSPS) is 12.2. The second-order valence-electron chi connectivity index (χ2n) is 4.51. The van der Waals surface area contributed by atoms with Crippen LogP contribution in [0.3, 0.4) is 0 Å². The van der Waals surface area contributed by atoms with Gasteiger partial charge in [-0.1, -0.05) is 22.0 Å². The molecule has 0 bridgehead atoms. The van der Waals surface area contributed by atoms with Gasteiger partial charge in [0.25, 0.3) is 0 Å². The molecule has 112 valence electrons. The van der Waals surface area contributed by atoms with E-state index in [2.05, 4.69) is 37.2 Å². The summed E-state index contributed by atoms with van der Waals surface area (Å²) in [4.78, 5) is 0. The lowest BCUT2D eigenvalue weighted by Crippen LogP contribution is -2.18. The molecule has 5 heteroatoms. The second kappa shape index (κ2) is 7.38. The van der Waals surface area contributed by atoms with E-state index >= 15 is 0 Å². The molecule has 0 aliphatic carbocycles. The lowest BCUT2D eigenvalue weighted by atomic mass is 9.98. The predicted molar refractivity (Wildman–Crippen MR) is 90.3 cm³/mol. The summed E-state index contributed by atoms with van der Waals surface area (Å²) in [5, 5.41) is 3.22. The molecule has 0 radical (unpaired) electrons. The molecule has 21 heavy (non-hydrogen) atoms. The molecule has 2 aromatic rings. The average molecular weight is 417 g/mol. The van der Waals surface area contributed by atoms with Crippen molar-refractivity contribution in [1.82, 2.24) is 5.32 Å².